The van der Waals surface area contributed by atoms with Crippen LogP contribution in [0.4, 0.5) is 0 Å². The molecule has 0 radical (unpaired) electrons. The number of thiophene rings is 1. The van der Waals surface area contributed by atoms with E-state index < -0.39 is 0 Å². The smallest absolute Gasteiger partial charge is 0.308 e. The molecule has 1 aromatic carbocycles. The Hall–Kier alpha value is -2.62. The number of likely N-dealkylation sites (tertiary alicyclic amines) is 1. The molecule has 1 aromatic heterocycles. The first-order valence-corrected chi connectivity index (χ1v) is 15.1. The van der Waals surface area contributed by atoms with Crippen molar-refractivity contribution in [3.05, 3.63) is 56.7 Å². The van der Waals surface area contributed by atoms with Crippen molar-refractivity contribution in [1.29, 1.82) is 0 Å². The van der Waals surface area contributed by atoms with Gasteiger partial charge in [0.25, 0.3) is 0 Å². The van der Waals surface area contributed by atoms with E-state index in [9.17, 15) is 9.59 Å². The number of hydrogen-bond donors (Lipinski definition) is 0. The van der Waals surface area contributed by atoms with Crippen molar-refractivity contribution in [3.8, 4) is 17.2 Å². The van der Waals surface area contributed by atoms with Crippen LogP contribution in [-0.2, 0) is 21.4 Å². The molecule has 39 heavy (non-hydrogen) atoms. The zero-order chi connectivity index (χ0) is 27.5. The third-order valence-electron chi connectivity index (χ3n) is 9.13. The van der Waals surface area contributed by atoms with Crippen molar-refractivity contribution in [2.75, 3.05) is 27.2 Å². The highest BCUT2D eigenvalue weighted by molar-refractivity contribution is 9.10. The summed E-state index contributed by atoms with van der Waals surface area (Å²) in [7, 11) is 3.51. The summed E-state index contributed by atoms with van der Waals surface area (Å²) < 4.78 is 19.4. The maximum atomic E-state index is 13.4. The van der Waals surface area contributed by atoms with Crippen LogP contribution < -0.4 is 14.2 Å². The highest BCUT2D eigenvalue weighted by Gasteiger charge is 2.67. The molecule has 2 aliphatic heterocycles. The summed E-state index contributed by atoms with van der Waals surface area (Å²) in [6.07, 6.45) is 8.82. The Bertz CT molecular complexity index is 1370. The minimum absolute atomic E-state index is 0.0387. The van der Waals surface area contributed by atoms with Crippen LogP contribution in [0.5, 0.6) is 17.2 Å². The van der Waals surface area contributed by atoms with Gasteiger partial charge in [-0.05, 0) is 66.2 Å². The van der Waals surface area contributed by atoms with E-state index >= 15 is 0 Å². The maximum absolute atomic E-state index is 13.4. The van der Waals surface area contributed by atoms with Crippen molar-refractivity contribution in [2.24, 2.45) is 5.92 Å². The normalized spacial score (nSPS) is 28.5. The van der Waals surface area contributed by atoms with Crippen LogP contribution in [0.1, 0.15) is 42.2 Å². The van der Waals surface area contributed by atoms with Gasteiger partial charge < -0.3 is 19.1 Å². The van der Waals surface area contributed by atoms with Gasteiger partial charge in [-0.2, -0.15) is 0 Å². The number of ether oxygens (including phenoxy) is 3. The van der Waals surface area contributed by atoms with Gasteiger partial charge in [0.2, 0.25) is 5.91 Å². The summed E-state index contributed by atoms with van der Waals surface area (Å²) in [4.78, 5) is 30.9. The van der Waals surface area contributed by atoms with Crippen LogP contribution >= 0.6 is 27.3 Å². The van der Waals surface area contributed by atoms with Crippen LogP contribution in [0.3, 0.4) is 0 Å². The molecule has 1 saturated heterocycles. The molecule has 0 unspecified atom stereocenters. The number of rotatable bonds is 7. The summed E-state index contributed by atoms with van der Waals surface area (Å²) in [6, 6.07) is 3.98. The molecule has 2 fully saturated rings. The standard InChI is InChI=1S/C30H33BrN2O5S/c1-5-11-33-12-10-30-21-7-8-22(32(3)26(35)9-6-19-13-18(31)16-39-19)29(30)38-28-25(36-4)15-24(37-17(2)34)20(27(28)30)14-23(21)33/h5-6,9,13,15-16,21-23,29H,1,7-8,10-12,14H2,2-4H3/b9-6+/t21-,22+,23+,29-,30-/m0/s1. The van der Waals surface area contributed by atoms with Gasteiger partial charge in [0.15, 0.2) is 11.5 Å². The number of nitrogens with zero attached hydrogens (tertiary/aromatic N) is 2. The number of carbonyl (C=O) groups excluding carboxylic acids is 2. The number of methoxy groups -OCH3 is 1. The molecule has 2 aliphatic carbocycles. The summed E-state index contributed by atoms with van der Waals surface area (Å²) in [5.41, 5.74) is 1.89. The predicted octanol–water partition coefficient (Wildman–Crippen LogP) is 5.21. The molecule has 1 spiro atoms. The van der Waals surface area contributed by atoms with Gasteiger partial charge in [-0.15, -0.1) is 17.9 Å². The highest BCUT2D eigenvalue weighted by Crippen LogP contribution is 2.65. The molecule has 5 atom stereocenters. The van der Waals surface area contributed by atoms with E-state index in [4.69, 9.17) is 14.2 Å². The van der Waals surface area contributed by atoms with Crippen molar-refractivity contribution in [2.45, 2.75) is 56.2 Å². The Kier molecular flexibility index (Phi) is 6.88. The lowest BCUT2D eigenvalue weighted by molar-refractivity contribution is -0.135. The van der Waals surface area contributed by atoms with Gasteiger partial charge in [0.05, 0.1) is 13.2 Å². The van der Waals surface area contributed by atoms with Gasteiger partial charge in [-0.3, -0.25) is 14.5 Å². The number of benzene rings is 1. The topological polar surface area (TPSA) is 68.3 Å². The van der Waals surface area contributed by atoms with Crippen molar-refractivity contribution in [1.82, 2.24) is 9.80 Å². The number of esters is 1. The Balaban J connectivity index is 1.42. The molecule has 1 saturated carbocycles. The lowest BCUT2D eigenvalue weighted by Gasteiger charge is -2.60. The van der Waals surface area contributed by atoms with Crippen LogP contribution in [0.25, 0.3) is 6.08 Å². The van der Waals surface area contributed by atoms with E-state index in [0.29, 0.717) is 17.4 Å². The Morgan fingerprint density at radius 2 is 2.15 bits per heavy atom. The minimum Gasteiger partial charge on any atom is -0.493 e. The van der Waals surface area contributed by atoms with Gasteiger partial charge in [0, 0.05) is 70.0 Å². The lowest BCUT2D eigenvalue weighted by atomic mass is 9.51. The van der Waals surface area contributed by atoms with E-state index in [1.807, 2.05) is 35.5 Å². The zero-order valence-electron chi connectivity index (χ0n) is 22.4. The van der Waals surface area contributed by atoms with Gasteiger partial charge in [-0.1, -0.05) is 6.08 Å². The fraction of sp³-hybridized carbons (Fsp3) is 0.467. The second-order valence-electron chi connectivity index (χ2n) is 10.9. The van der Waals surface area contributed by atoms with Gasteiger partial charge in [-0.25, -0.2) is 0 Å². The molecular weight excluding hydrogens is 580 g/mol. The largest absolute Gasteiger partial charge is 0.493 e. The van der Waals surface area contributed by atoms with Gasteiger partial charge in [0.1, 0.15) is 11.9 Å². The molecule has 2 aromatic rings. The first-order valence-electron chi connectivity index (χ1n) is 13.4. The average Bonchev–Trinajstić information content (AvgIpc) is 3.49. The molecule has 7 nitrogen and oxygen atoms in total. The number of halogens is 1. The number of likely N-dealkylation sites (N-methyl/N-ethyl adjacent to an activating group) is 1. The second-order valence-corrected chi connectivity index (χ2v) is 12.8. The van der Waals surface area contributed by atoms with E-state index in [1.54, 1.807) is 30.6 Å². The molecular formula is C30H33BrN2O5S. The number of carbonyl (C=O) groups is 2. The molecule has 0 N–H and O–H groups in total. The van der Waals surface area contributed by atoms with Crippen LogP contribution in [-0.4, -0.2) is 67.1 Å². The number of piperidine rings is 1. The van der Waals surface area contributed by atoms with Crippen LogP contribution in [0, 0.1) is 5.92 Å². The zero-order valence-corrected chi connectivity index (χ0v) is 24.8. The van der Waals surface area contributed by atoms with E-state index in [-0.39, 0.29) is 35.5 Å². The average molecular weight is 614 g/mol. The highest BCUT2D eigenvalue weighted by atomic mass is 79.9. The quantitative estimate of drug-likeness (QED) is 0.185. The van der Waals surface area contributed by atoms with E-state index in [2.05, 4.69) is 27.4 Å². The third kappa shape index (κ3) is 4.16. The maximum Gasteiger partial charge on any atom is 0.308 e. The first kappa shape index (κ1) is 26.6. The lowest BCUT2D eigenvalue weighted by Crippen LogP contribution is -2.68. The van der Waals surface area contributed by atoms with Crippen molar-refractivity contribution in [3.63, 3.8) is 0 Å². The SMILES string of the molecule is C=CCN1CC[C@]23c4c5c(OC(C)=O)cc(OC)c4O[C@H]2[C@H](N(C)C(=O)/C=C/c2cc(Br)cs2)CC[C@H]3[C@H]1C5. The van der Waals surface area contributed by atoms with Crippen LogP contribution in [0.2, 0.25) is 0 Å². The molecule has 3 heterocycles. The Morgan fingerprint density at radius 1 is 1.33 bits per heavy atom. The summed E-state index contributed by atoms with van der Waals surface area (Å²) in [5, 5.41) is 2.01. The molecule has 9 heteroatoms. The molecule has 1 amide bonds. The number of hydrogen-bond acceptors (Lipinski definition) is 7. The minimum atomic E-state index is -0.354. The van der Waals surface area contributed by atoms with Crippen LogP contribution in [0.15, 0.2) is 40.7 Å². The van der Waals surface area contributed by atoms with E-state index in [1.165, 1.54) is 6.92 Å². The predicted molar refractivity (Wildman–Crippen MR) is 155 cm³/mol. The summed E-state index contributed by atoms with van der Waals surface area (Å²) in [6.45, 7) is 7.17. The molecule has 206 valence electrons. The summed E-state index contributed by atoms with van der Waals surface area (Å²) in [5.74, 6) is 1.86. The van der Waals surface area contributed by atoms with E-state index in [0.717, 1.165) is 65.0 Å². The first-order chi connectivity index (χ1) is 18.8. The third-order valence-corrected chi connectivity index (χ3v) is 10.8. The monoisotopic (exact) mass is 612 g/mol. The van der Waals surface area contributed by atoms with Crippen molar-refractivity contribution < 1.29 is 23.8 Å². The number of amides is 1. The molecule has 4 aliphatic rings. The van der Waals surface area contributed by atoms with Gasteiger partial charge >= 0.3 is 5.97 Å². The Labute approximate surface area is 241 Å². The second kappa shape index (κ2) is 10.1. The molecule has 2 bridgehead atoms. The van der Waals surface area contributed by atoms with Crippen molar-refractivity contribution >= 4 is 45.2 Å². The summed E-state index contributed by atoms with van der Waals surface area (Å²) >= 11 is 5.07. The fourth-order valence-electron chi connectivity index (χ4n) is 7.67. The Morgan fingerprint density at radius 3 is 2.85 bits per heavy atom. The fourth-order valence-corrected chi connectivity index (χ4v) is 9.01. The molecule has 6 rings (SSSR count).